The van der Waals surface area contributed by atoms with Gasteiger partial charge in [0.25, 0.3) is 0 Å². The summed E-state index contributed by atoms with van der Waals surface area (Å²) in [5.41, 5.74) is 4.96. The molecule has 1 aliphatic heterocycles. The Kier molecular flexibility index (Phi) is 4.76. The van der Waals surface area contributed by atoms with Gasteiger partial charge >= 0.3 is 5.69 Å². The molecule has 0 bridgehead atoms. The quantitative estimate of drug-likeness (QED) is 0.478. The van der Waals surface area contributed by atoms with Crippen LogP contribution < -0.4 is 11.0 Å². The van der Waals surface area contributed by atoms with Crippen molar-refractivity contribution in [1.82, 2.24) is 19.4 Å². The number of nitrogens with one attached hydrogen (secondary N) is 2. The summed E-state index contributed by atoms with van der Waals surface area (Å²) in [4.78, 5) is 15.2. The standard InChI is InChI=1S/C24H28N4O2/c1-15(10-11-16-14-27(2)21-9-4-3-6-17(16)21)25-20-12-13-28-22-18(23(20)29)7-5-8-19(22)26-24(28)30/h3-9,14-15,20,23,25,29H,10-13H2,1-2H3,(H,26,30). The lowest BCUT2D eigenvalue weighted by Gasteiger charge is -2.26. The predicted octanol–water partition coefficient (Wildman–Crippen LogP) is 3.24. The van der Waals surface area contributed by atoms with E-state index in [4.69, 9.17) is 0 Å². The summed E-state index contributed by atoms with van der Waals surface area (Å²) in [6, 6.07) is 14.4. The number of rotatable bonds is 5. The molecule has 0 radical (unpaired) electrons. The van der Waals surface area contributed by atoms with Crippen LogP contribution in [0.25, 0.3) is 21.9 Å². The number of benzene rings is 2. The van der Waals surface area contributed by atoms with Crippen LogP contribution in [0.3, 0.4) is 0 Å². The molecule has 3 atom stereocenters. The first-order chi connectivity index (χ1) is 14.5. The molecule has 0 saturated carbocycles. The molecule has 30 heavy (non-hydrogen) atoms. The highest BCUT2D eigenvalue weighted by molar-refractivity contribution is 5.84. The van der Waals surface area contributed by atoms with Gasteiger partial charge in [-0.2, -0.15) is 0 Å². The van der Waals surface area contributed by atoms with Crippen LogP contribution in [0.5, 0.6) is 0 Å². The van der Waals surface area contributed by atoms with E-state index in [9.17, 15) is 9.90 Å². The highest BCUT2D eigenvalue weighted by Crippen LogP contribution is 2.30. The van der Waals surface area contributed by atoms with E-state index in [0.29, 0.717) is 13.0 Å². The Hall–Kier alpha value is -2.83. The maximum atomic E-state index is 12.3. The van der Waals surface area contributed by atoms with Crippen LogP contribution in [0.4, 0.5) is 0 Å². The van der Waals surface area contributed by atoms with Gasteiger partial charge in [-0.05, 0) is 43.9 Å². The minimum Gasteiger partial charge on any atom is -0.387 e. The van der Waals surface area contributed by atoms with Crippen molar-refractivity contribution in [2.75, 3.05) is 0 Å². The maximum Gasteiger partial charge on any atom is 0.326 e. The first-order valence-electron chi connectivity index (χ1n) is 10.7. The second-order valence-electron chi connectivity index (χ2n) is 8.55. The zero-order valence-corrected chi connectivity index (χ0v) is 17.4. The largest absolute Gasteiger partial charge is 0.387 e. The van der Waals surface area contributed by atoms with Gasteiger partial charge in [-0.25, -0.2) is 4.79 Å². The van der Waals surface area contributed by atoms with Crippen LogP contribution in [0.15, 0.2) is 53.5 Å². The molecule has 4 aromatic rings. The van der Waals surface area contributed by atoms with E-state index in [-0.39, 0.29) is 17.8 Å². The minimum absolute atomic E-state index is 0.0857. The summed E-state index contributed by atoms with van der Waals surface area (Å²) in [5, 5.41) is 16.1. The predicted molar refractivity (Wildman–Crippen MR) is 120 cm³/mol. The molecule has 0 aliphatic carbocycles. The molecule has 6 nitrogen and oxygen atoms in total. The number of aliphatic hydroxyl groups excluding tert-OH is 1. The summed E-state index contributed by atoms with van der Waals surface area (Å²) < 4.78 is 3.95. The van der Waals surface area contributed by atoms with Crippen molar-refractivity contribution in [1.29, 1.82) is 0 Å². The molecule has 156 valence electrons. The molecule has 0 amide bonds. The van der Waals surface area contributed by atoms with Gasteiger partial charge in [0.05, 0.1) is 17.1 Å². The first-order valence-corrected chi connectivity index (χ1v) is 10.7. The second kappa shape index (κ2) is 7.45. The van der Waals surface area contributed by atoms with Gasteiger partial charge in [0.1, 0.15) is 0 Å². The highest BCUT2D eigenvalue weighted by atomic mass is 16.3. The number of para-hydroxylation sites is 2. The van der Waals surface area contributed by atoms with Crippen molar-refractivity contribution in [3.8, 4) is 0 Å². The number of hydrogen-bond donors (Lipinski definition) is 3. The Bertz CT molecular complexity index is 1270. The van der Waals surface area contributed by atoms with Gasteiger partial charge in [-0.1, -0.05) is 30.3 Å². The number of imidazole rings is 1. The van der Waals surface area contributed by atoms with Gasteiger partial charge in [0.15, 0.2) is 0 Å². The number of aromatic nitrogens is 3. The summed E-state index contributed by atoms with van der Waals surface area (Å²) in [6.45, 7) is 2.77. The smallest absolute Gasteiger partial charge is 0.326 e. The Balaban J connectivity index is 1.31. The molecule has 2 aromatic heterocycles. The Morgan fingerprint density at radius 1 is 1.23 bits per heavy atom. The topological polar surface area (TPSA) is 75.0 Å². The van der Waals surface area contributed by atoms with Crippen LogP contribution >= 0.6 is 0 Å². The molecule has 3 heterocycles. The summed E-state index contributed by atoms with van der Waals surface area (Å²) in [5.74, 6) is 0. The van der Waals surface area contributed by atoms with Gasteiger partial charge in [-0.15, -0.1) is 0 Å². The zero-order chi connectivity index (χ0) is 20.8. The van der Waals surface area contributed by atoms with Gasteiger partial charge < -0.3 is 20.0 Å². The average Bonchev–Trinajstić information content (AvgIpc) is 3.20. The molecule has 1 aliphatic rings. The van der Waals surface area contributed by atoms with E-state index in [1.54, 1.807) is 4.57 Å². The molecule has 0 fully saturated rings. The number of hydrogen-bond acceptors (Lipinski definition) is 3. The SMILES string of the molecule is CC(CCc1cn(C)c2ccccc12)NC1CCn2c(=O)[nH]c3cccc(c32)C1O. The third kappa shape index (κ3) is 3.16. The molecule has 0 spiro atoms. The van der Waals surface area contributed by atoms with Crippen LogP contribution in [0.1, 0.15) is 37.0 Å². The third-order valence-corrected chi connectivity index (χ3v) is 6.51. The molecule has 3 N–H and O–H groups in total. The molecule has 2 aromatic carbocycles. The lowest BCUT2D eigenvalue weighted by molar-refractivity contribution is 0.119. The lowest BCUT2D eigenvalue weighted by atomic mass is 9.98. The van der Waals surface area contributed by atoms with Gasteiger partial charge in [-0.3, -0.25) is 4.57 Å². The number of fused-ring (bicyclic) bond motifs is 1. The Morgan fingerprint density at radius 2 is 2.07 bits per heavy atom. The fourth-order valence-corrected chi connectivity index (χ4v) is 4.96. The van der Waals surface area contributed by atoms with Crippen LogP contribution in [-0.4, -0.2) is 31.3 Å². The van der Waals surface area contributed by atoms with Gasteiger partial charge in [0.2, 0.25) is 0 Å². The zero-order valence-electron chi connectivity index (χ0n) is 17.4. The van der Waals surface area contributed by atoms with Crippen LogP contribution in [0.2, 0.25) is 0 Å². The number of aliphatic hydroxyl groups is 1. The number of H-pyrrole nitrogens is 1. The normalized spacial score (nSPS) is 20.0. The number of aryl methyl sites for hydroxylation is 3. The summed E-state index contributed by atoms with van der Waals surface area (Å²) >= 11 is 0. The van der Waals surface area contributed by atoms with Crippen molar-refractivity contribution >= 4 is 21.9 Å². The van der Waals surface area contributed by atoms with E-state index < -0.39 is 6.10 Å². The van der Waals surface area contributed by atoms with Crippen LogP contribution in [-0.2, 0) is 20.0 Å². The van der Waals surface area contributed by atoms with E-state index in [0.717, 1.165) is 29.4 Å². The fraction of sp³-hybridized carbons (Fsp3) is 0.375. The minimum atomic E-state index is -0.641. The summed E-state index contributed by atoms with van der Waals surface area (Å²) in [7, 11) is 2.09. The molecule has 5 rings (SSSR count). The Labute approximate surface area is 175 Å². The molecule has 0 saturated heterocycles. The van der Waals surface area contributed by atoms with Crippen molar-refractivity contribution in [3.05, 3.63) is 70.3 Å². The van der Waals surface area contributed by atoms with E-state index in [1.165, 1.54) is 16.5 Å². The maximum absolute atomic E-state index is 12.3. The summed E-state index contributed by atoms with van der Waals surface area (Å²) in [6.07, 6.45) is 4.25. The third-order valence-electron chi connectivity index (χ3n) is 6.51. The van der Waals surface area contributed by atoms with E-state index >= 15 is 0 Å². The lowest BCUT2D eigenvalue weighted by Crippen LogP contribution is -2.41. The molecule has 6 heteroatoms. The average molecular weight is 405 g/mol. The molecular formula is C24H28N4O2. The van der Waals surface area contributed by atoms with Crippen LogP contribution in [0, 0.1) is 0 Å². The first kappa shape index (κ1) is 19.2. The van der Waals surface area contributed by atoms with E-state index in [1.807, 2.05) is 18.2 Å². The number of nitrogens with zero attached hydrogens (tertiary/aromatic N) is 2. The van der Waals surface area contributed by atoms with Crippen molar-refractivity contribution in [3.63, 3.8) is 0 Å². The van der Waals surface area contributed by atoms with Crippen molar-refractivity contribution in [2.24, 2.45) is 7.05 Å². The van der Waals surface area contributed by atoms with Crippen molar-refractivity contribution < 1.29 is 5.11 Å². The molecule has 3 unspecified atom stereocenters. The molecular weight excluding hydrogens is 376 g/mol. The highest BCUT2D eigenvalue weighted by Gasteiger charge is 2.29. The van der Waals surface area contributed by atoms with Crippen molar-refractivity contribution in [2.45, 2.75) is 50.9 Å². The Morgan fingerprint density at radius 3 is 2.93 bits per heavy atom. The van der Waals surface area contributed by atoms with Gasteiger partial charge in [0, 0.05) is 48.3 Å². The van der Waals surface area contributed by atoms with E-state index in [2.05, 4.69) is 59.3 Å². The second-order valence-corrected chi connectivity index (χ2v) is 8.55. The fourth-order valence-electron chi connectivity index (χ4n) is 4.96. The monoisotopic (exact) mass is 404 g/mol. The number of aromatic amines is 1.